The van der Waals surface area contributed by atoms with E-state index in [-0.39, 0.29) is 0 Å². The predicted octanol–water partition coefficient (Wildman–Crippen LogP) is 4.38. The molecule has 0 saturated carbocycles. The summed E-state index contributed by atoms with van der Waals surface area (Å²) in [5.41, 5.74) is 6.88. The molecule has 4 rings (SSSR count). The van der Waals surface area contributed by atoms with Gasteiger partial charge in [0.2, 0.25) is 0 Å². The van der Waals surface area contributed by atoms with Gasteiger partial charge in [0.25, 0.3) is 0 Å². The van der Waals surface area contributed by atoms with E-state index < -0.39 is 0 Å². The number of benzene rings is 2. The van der Waals surface area contributed by atoms with Crippen molar-refractivity contribution in [3.05, 3.63) is 76.6 Å². The lowest BCUT2D eigenvalue weighted by Gasteiger charge is -2.36. The molecule has 1 N–H and O–H groups in total. The molecule has 0 bridgehead atoms. The van der Waals surface area contributed by atoms with E-state index in [1.807, 2.05) is 19.1 Å². The summed E-state index contributed by atoms with van der Waals surface area (Å²) in [5.74, 6) is 0.908. The van der Waals surface area contributed by atoms with Gasteiger partial charge in [-0.05, 0) is 56.2 Å². The normalized spacial score (nSPS) is 14.4. The lowest BCUT2D eigenvalue weighted by Crippen LogP contribution is -2.49. The quantitative estimate of drug-likeness (QED) is 0.548. The molecule has 3 aromatic rings. The molecule has 1 fully saturated rings. The molecular formula is C26H33N5OS. The Bertz CT molecular complexity index is 1100. The third-order valence-corrected chi connectivity index (χ3v) is 6.63. The van der Waals surface area contributed by atoms with Gasteiger partial charge < -0.3 is 15.0 Å². The lowest BCUT2D eigenvalue weighted by atomic mass is 10.1. The first-order valence-corrected chi connectivity index (χ1v) is 11.8. The van der Waals surface area contributed by atoms with Gasteiger partial charge in [-0.25, -0.2) is 0 Å². The second-order valence-electron chi connectivity index (χ2n) is 8.73. The van der Waals surface area contributed by atoms with Crippen molar-refractivity contribution in [1.29, 1.82) is 0 Å². The molecule has 0 amide bonds. The Labute approximate surface area is 202 Å². The molecular weight excluding hydrogens is 430 g/mol. The summed E-state index contributed by atoms with van der Waals surface area (Å²) in [7, 11) is 1.71. The van der Waals surface area contributed by atoms with Crippen molar-refractivity contribution in [1.82, 2.24) is 19.6 Å². The average Bonchev–Trinajstić information content (AvgIpc) is 3.08. The van der Waals surface area contributed by atoms with Crippen LogP contribution in [-0.4, -0.2) is 58.0 Å². The molecule has 1 aliphatic rings. The first kappa shape index (κ1) is 23.3. The Balaban J connectivity index is 1.33. The van der Waals surface area contributed by atoms with Crippen LogP contribution in [0.1, 0.15) is 28.1 Å². The SMILES string of the molecule is COc1cccc(CN2CCN(C(=S)Nc3c(C)nn(Cc4ccc(C)cc4)c3C)CC2)c1. The van der Waals surface area contributed by atoms with Crippen LogP contribution >= 0.6 is 12.2 Å². The van der Waals surface area contributed by atoms with Gasteiger partial charge in [0.05, 0.1) is 30.7 Å². The van der Waals surface area contributed by atoms with E-state index in [0.717, 1.165) is 67.2 Å². The fourth-order valence-electron chi connectivity index (χ4n) is 4.22. The van der Waals surface area contributed by atoms with E-state index >= 15 is 0 Å². The number of aromatic nitrogens is 2. The molecule has 1 saturated heterocycles. The Hall–Kier alpha value is -2.90. The van der Waals surface area contributed by atoms with Crippen LogP contribution in [0.5, 0.6) is 5.75 Å². The number of ether oxygens (including phenoxy) is 1. The monoisotopic (exact) mass is 463 g/mol. The lowest BCUT2D eigenvalue weighted by molar-refractivity contribution is 0.177. The van der Waals surface area contributed by atoms with Gasteiger partial charge in [0.15, 0.2) is 5.11 Å². The standard InChI is InChI=1S/C26H33N5OS/c1-19-8-10-22(11-9-19)18-31-21(3)25(20(2)28-31)27-26(33)30-14-12-29(13-15-30)17-23-6-5-7-24(16-23)32-4/h5-11,16H,12-15,17-18H2,1-4H3,(H,27,33). The fourth-order valence-corrected chi connectivity index (χ4v) is 4.51. The molecule has 0 aliphatic carbocycles. The molecule has 1 aromatic heterocycles. The van der Waals surface area contributed by atoms with Crippen LogP contribution < -0.4 is 10.1 Å². The van der Waals surface area contributed by atoms with Gasteiger partial charge in [-0.15, -0.1) is 0 Å². The molecule has 6 nitrogen and oxygen atoms in total. The number of anilines is 1. The summed E-state index contributed by atoms with van der Waals surface area (Å²) < 4.78 is 7.40. The van der Waals surface area contributed by atoms with Crippen LogP contribution in [0.2, 0.25) is 0 Å². The largest absolute Gasteiger partial charge is 0.497 e. The highest BCUT2D eigenvalue weighted by Crippen LogP contribution is 2.22. The number of rotatable bonds is 6. The summed E-state index contributed by atoms with van der Waals surface area (Å²) in [6, 6.07) is 16.9. The first-order valence-electron chi connectivity index (χ1n) is 11.4. The second kappa shape index (κ2) is 10.4. The number of methoxy groups -OCH3 is 1. The van der Waals surface area contributed by atoms with Crippen LogP contribution in [0.25, 0.3) is 0 Å². The highest BCUT2D eigenvalue weighted by atomic mass is 32.1. The van der Waals surface area contributed by atoms with Crippen molar-refractivity contribution in [3.63, 3.8) is 0 Å². The Kier molecular flexibility index (Phi) is 7.30. The van der Waals surface area contributed by atoms with Crippen molar-refractivity contribution in [2.75, 3.05) is 38.6 Å². The van der Waals surface area contributed by atoms with Gasteiger partial charge in [0.1, 0.15) is 5.75 Å². The second-order valence-corrected chi connectivity index (χ2v) is 9.12. The predicted molar refractivity (Wildman–Crippen MR) is 138 cm³/mol. The number of nitrogens with zero attached hydrogens (tertiary/aromatic N) is 4. The molecule has 2 heterocycles. The topological polar surface area (TPSA) is 45.6 Å². The van der Waals surface area contributed by atoms with E-state index in [9.17, 15) is 0 Å². The van der Waals surface area contributed by atoms with E-state index in [0.29, 0.717) is 0 Å². The van der Waals surface area contributed by atoms with Crippen molar-refractivity contribution in [3.8, 4) is 5.75 Å². The maximum atomic E-state index is 5.77. The molecule has 174 valence electrons. The minimum Gasteiger partial charge on any atom is -0.497 e. The van der Waals surface area contributed by atoms with Crippen LogP contribution in [0.4, 0.5) is 5.69 Å². The van der Waals surface area contributed by atoms with Crippen LogP contribution in [-0.2, 0) is 13.1 Å². The van der Waals surface area contributed by atoms with Crippen LogP contribution in [0.3, 0.4) is 0 Å². The molecule has 0 radical (unpaired) electrons. The summed E-state index contributed by atoms with van der Waals surface area (Å²) in [6.07, 6.45) is 0. The highest BCUT2D eigenvalue weighted by Gasteiger charge is 2.21. The number of hydrogen-bond acceptors (Lipinski definition) is 4. The maximum Gasteiger partial charge on any atom is 0.173 e. The van der Waals surface area contributed by atoms with Gasteiger partial charge in [0, 0.05) is 32.7 Å². The van der Waals surface area contributed by atoms with Crippen LogP contribution in [0.15, 0.2) is 48.5 Å². The summed E-state index contributed by atoms with van der Waals surface area (Å²) in [5, 5.41) is 9.01. The fraction of sp³-hybridized carbons (Fsp3) is 0.385. The average molecular weight is 464 g/mol. The molecule has 1 aliphatic heterocycles. The summed E-state index contributed by atoms with van der Waals surface area (Å²) in [4.78, 5) is 4.72. The third-order valence-electron chi connectivity index (χ3n) is 6.27. The van der Waals surface area contributed by atoms with Gasteiger partial charge in [-0.2, -0.15) is 5.10 Å². The van der Waals surface area contributed by atoms with Gasteiger partial charge >= 0.3 is 0 Å². The molecule has 33 heavy (non-hydrogen) atoms. The van der Waals surface area contributed by atoms with Crippen molar-refractivity contribution in [2.45, 2.75) is 33.9 Å². The zero-order valence-electron chi connectivity index (χ0n) is 20.0. The summed E-state index contributed by atoms with van der Waals surface area (Å²) in [6.45, 7) is 11.7. The van der Waals surface area contributed by atoms with Crippen molar-refractivity contribution >= 4 is 23.0 Å². The molecule has 0 unspecified atom stereocenters. The van der Waals surface area contributed by atoms with Gasteiger partial charge in [-0.3, -0.25) is 9.58 Å². The number of aryl methyl sites for hydroxylation is 2. The Morgan fingerprint density at radius 2 is 1.70 bits per heavy atom. The van der Waals surface area contributed by atoms with E-state index in [4.69, 9.17) is 22.1 Å². The van der Waals surface area contributed by atoms with Crippen molar-refractivity contribution in [2.24, 2.45) is 0 Å². The number of hydrogen-bond donors (Lipinski definition) is 1. The van der Waals surface area contributed by atoms with Crippen LogP contribution in [0, 0.1) is 20.8 Å². The Morgan fingerprint density at radius 3 is 2.39 bits per heavy atom. The zero-order chi connectivity index (χ0) is 23.4. The third kappa shape index (κ3) is 5.72. The number of thiocarbonyl (C=S) groups is 1. The number of piperazine rings is 1. The van der Waals surface area contributed by atoms with E-state index in [1.54, 1.807) is 7.11 Å². The molecule has 0 spiro atoms. The molecule has 0 atom stereocenters. The van der Waals surface area contributed by atoms with Crippen molar-refractivity contribution < 1.29 is 4.74 Å². The van der Waals surface area contributed by atoms with E-state index in [2.05, 4.69) is 70.0 Å². The Morgan fingerprint density at radius 1 is 0.970 bits per heavy atom. The molecule has 2 aromatic carbocycles. The first-order chi connectivity index (χ1) is 15.9. The minimum absolute atomic E-state index is 0.754. The highest BCUT2D eigenvalue weighted by molar-refractivity contribution is 7.80. The zero-order valence-corrected chi connectivity index (χ0v) is 20.8. The minimum atomic E-state index is 0.754. The summed E-state index contributed by atoms with van der Waals surface area (Å²) >= 11 is 5.77. The van der Waals surface area contributed by atoms with E-state index in [1.165, 1.54) is 16.7 Å². The van der Waals surface area contributed by atoms with Gasteiger partial charge in [-0.1, -0.05) is 42.0 Å². The maximum absolute atomic E-state index is 5.77. The number of nitrogens with one attached hydrogen (secondary N) is 1. The smallest absolute Gasteiger partial charge is 0.173 e. The molecule has 7 heteroatoms.